The smallest absolute Gasteiger partial charge is 0.0590 e. The highest BCUT2D eigenvalue weighted by molar-refractivity contribution is 5.34. The van der Waals surface area contributed by atoms with Gasteiger partial charge in [-0.3, -0.25) is 0 Å². The van der Waals surface area contributed by atoms with E-state index < -0.39 is 0 Å². The van der Waals surface area contributed by atoms with Crippen molar-refractivity contribution in [3.05, 3.63) is 34.9 Å². The van der Waals surface area contributed by atoms with Gasteiger partial charge < -0.3 is 10.1 Å². The second-order valence-corrected chi connectivity index (χ2v) is 6.16. The molecule has 0 radical (unpaired) electrons. The molecule has 0 saturated carbocycles. The molecular formula is C18H29NO. The van der Waals surface area contributed by atoms with Crippen LogP contribution in [0, 0.1) is 19.8 Å². The van der Waals surface area contributed by atoms with Crippen molar-refractivity contribution in [2.75, 3.05) is 13.2 Å². The van der Waals surface area contributed by atoms with Gasteiger partial charge in [0.2, 0.25) is 0 Å². The van der Waals surface area contributed by atoms with Gasteiger partial charge in [0, 0.05) is 18.6 Å². The number of hydrogen-bond donors (Lipinski definition) is 1. The van der Waals surface area contributed by atoms with Gasteiger partial charge in [-0.2, -0.15) is 0 Å². The van der Waals surface area contributed by atoms with E-state index in [0.29, 0.717) is 18.1 Å². The first kappa shape index (κ1) is 15.5. The Morgan fingerprint density at radius 2 is 2.00 bits per heavy atom. The molecule has 112 valence electrons. The van der Waals surface area contributed by atoms with E-state index in [0.717, 1.165) is 19.6 Å². The van der Waals surface area contributed by atoms with Crippen LogP contribution in [-0.4, -0.2) is 25.3 Å². The lowest BCUT2D eigenvalue weighted by Gasteiger charge is -2.28. The van der Waals surface area contributed by atoms with E-state index >= 15 is 0 Å². The molecule has 1 aromatic rings. The highest BCUT2D eigenvalue weighted by atomic mass is 16.5. The summed E-state index contributed by atoms with van der Waals surface area (Å²) in [6.07, 6.45) is 3.88. The Labute approximate surface area is 123 Å². The summed E-state index contributed by atoms with van der Waals surface area (Å²) < 4.78 is 5.78. The summed E-state index contributed by atoms with van der Waals surface area (Å²) in [5, 5.41) is 3.76. The molecule has 1 aliphatic heterocycles. The molecule has 0 spiro atoms. The summed E-state index contributed by atoms with van der Waals surface area (Å²) in [5.41, 5.74) is 4.35. The zero-order chi connectivity index (χ0) is 14.5. The second-order valence-electron chi connectivity index (χ2n) is 6.16. The first-order valence-electron chi connectivity index (χ1n) is 8.03. The van der Waals surface area contributed by atoms with Crippen molar-refractivity contribution in [1.82, 2.24) is 5.32 Å². The van der Waals surface area contributed by atoms with Crippen LogP contribution in [0.15, 0.2) is 18.2 Å². The van der Waals surface area contributed by atoms with Crippen LogP contribution in [0.1, 0.15) is 43.4 Å². The summed E-state index contributed by atoms with van der Waals surface area (Å²) >= 11 is 0. The Morgan fingerprint density at radius 1 is 1.30 bits per heavy atom. The molecule has 0 aromatic heterocycles. The lowest BCUT2D eigenvalue weighted by molar-refractivity contribution is 0.0953. The summed E-state index contributed by atoms with van der Waals surface area (Å²) in [7, 11) is 0. The summed E-state index contributed by atoms with van der Waals surface area (Å²) in [5.74, 6) is 0.639. The van der Waals surface area contributed by atoms with Crippen molar-refractivity contribution in [2.45, 2.75) is 59.1 Å². The molecule has 1 fully saturated rings. The van der Waals surface area contributed by atoms with E-state index in [4.69, 9.17) is 4.74 Å². The minimum absolute atomic E-state index is 0.383. The number of ether oxygens (including phenoxy) is 1. The van der Waals surface area contributed by atoms with Crippen LogP contribution in [0.3, 0.4) is 0 Å². The molecule has 1 aromatic carbocycles. The molecule has 0 amide bonds. The van der Waals surface area contributed by atoms with Crippen LogP contribution in [0.25, 0.3) is 0 Å². The van der Waals surface area contributed by atoms with E-state index in [2.05, 4.69) is 51.2 Å². The molecular weight excluding hydrogens is 246 g/mol. The lowest BCUT2D eigenvalue weighted by Crippen LogP contribution is -2.41. The van der Waals surface area contributed by atoms with Crippen LogP contribution in [0.5, 0.6) is 0 Å². The zero-order valence-electron chi connectivity index (χ0n) is 13.4. The summed E-state index contributed by atoms with van der Waals surface area (Å²) in [6.45, 7) is 10.9. The number of rotatable bonds is 6. The summed E-state index contributed by atoms with van der Waals surface area (Å²) in [6, 6.07) is 7.15. The fraction of sp³-hybridized carbons (Fsp3) is 0.667. The van der Waals surface area contributed by atoms with Gasteiger partial charge in [-0.05, 0) is 63.3 Å². The van der Waals surface area contributed by atoms with Crippen molar-refractivity contribution in [1.29, 1.82) is 0 Å². The minimum Gasteiger partial charge on any atom is -0.378 e. The number of hydrogen-bond acceptors (Lipinski definition) is 2. The third-order valence-corrected chi connectivity index (χ3v) is 4.68. The number of aryl methyl sites for hydroxylation is 2. The van der Waals surface area contributed by atoms with Crippen molar-refractivity contribution >= 4 is 0 Å². The maximum absolute atomic E-state index is 5.78. The van der Waals surface area contributed by atoms with Crippen molar-refractivity contribution in [2.24, 2.45) is 5.92 Å². The average molecular weight is 275 g/mol. The van der Waals surface area contributed by atoms with Crippen LogP contribution in [0.4, 0.5) is 0 Å². The predicted molar refractivity (Wildman–Crippen MR) is 85.2 cm³/mol. The molecule has 0 bridgehead atoms. The molecule has 3 atom stereocenters. The monoisotopic (exact) mass is 275 g/mol. The molecule has 2 nitrogen and oxygen atoms in total. The Balaban J connectivity index is 2.14. The fourth-order valence-corrected chi connectivity index (χ4v) is 3.37. The Bertz CT molecular complexity index is 409. The van der Waals surface area contributed by atoms with Crippen LogP contribution in [-0.2, 0) is 11.2 Å². The van der Waals surface area contributed by atoms with Crippen molar-refractivity contribution < 1.29 is 4.74 Å². The largest absolute Gasteiger partial charge is 0.378 e. The highest BCUT2D eigenvalue weighted by Crippen LogP contribution is 2.27. The maximum Gasteiger partial charge on any atom is 0.0590 e. The van der Waals surface area contributed by atoms with Gasteiger partial charge in [-0.25, -0.2) is 0 Å². The molecule has 2 rings (SSSR count). The second kappa shape index (κ2) is 7.24. The zero-order valence-corrected chi connectivity index (χ0v) is 13.4. The third kappa shape index (κ3) is 3.62. The molecule has 1 heterocycles. The standard InChI is InChI=1S/C18H29NO/c1-5-10-19-18(16-9-11-20-15(16)4)12-17-13(2)7-6-8-14(17)3/h6-8,15-16,18-19H,5,9-12H2,1-4H3. The van der Waals surface area contributed by atoms with Gasteiger partial charge in [0.05, 0.1) is 6.10 Å². The Kier molecular flexibility index (Phi) is 5.62. The quantitative estimate of drug-likeness (QED) is 0.856. The van der Waals surface area contributed by atoms with Gasteiger partial charge in [-0.15, -0.1) is 0 Å². The van der Waals surface area contributed by atoms with E-state index in [-0.39, 0.29) is 0 Å². The average Bonchev–Trinajstić information content (AvgIpc) is 2.84. The first-order valence-corrected chi connectivity index (χ1v) is 8.03. The highest BCUT2D eigenvalue weighted by Gasteiger charge is 2.31. The van der Waals surface area contributed by atoms with Gasteiger partial charge in [0.1, 0.15) is 0 Å². The van der Waals surface area contributed by atoms with Gasteiger partial charge >= 0.3 is 0 Å². The van der Waals surface area contributed by atoms with Gasteiger partial charge in [0.25, 0.3) is 0 Å². The lowest BCUT2D eigenvalue weighted by atomic mass is 9.86. The maximum atomic E-state index is 5.78. The van der Waals surface area contributed by atoms with Gasteiger partial charge in [-0.1, -0.05) is 25.1 Å². The third-order valence-electron chi connectivity index (χ3n) is 4.68. The first-order chi connectivity index (χ1) is 9.63. The number of nitrogens with one attached hydrogen (secondary N) is 1. The van der Waals surface area contributed by atoms with E-state index in [1.807, 2.05) is 0 Å². The normalized spacial score (nSPS) is 24.0. The van der Waals surface area contributed by atoms with Crippen LogP contribution < -0.4 is 5.32 Å². The van der Waals surface area contributed by atoms with E-state index in [1.54, 1.807) is 0 Å². The van der Waals surface area contributed by atoms with E-state index in [9.17, 15) is 0 Å². The topological polar surface area (TPSA) is 21.3 Å². The van der Waals surface area contributed by atoms with Gasteiger partial charge in [0.15, 0.2) is 0 Å². The summed E-state index contributed by atoms with van der Waals surface area (Å²) in [4.78, 5) is 0. The van der Waals surface area contributed by atoms with E-state index in [1.165, 1.54) is 29.5 Å². The SMILES string of the molecule is CCCNC(Cc1c(C)cccc1C)C1CCOC1C. The minimum atomic E-state index is 0.383. The Hall–Kier alpha value is -0.860. The van der Waals surface area contributed by atoms with Crippen LogP contribution >= 0.6 is 0 Å². The number of benzene rings is 1. The predicted octanol–water partition coefficient (Wildman–Crippen LogP) is 3.64. The van der Waals surface area contributed by atoms with Crippen LogP contribution in [0.2, 0.25) is 0 Å². The molecule has 2 heteroatoms. The molecule has 0 aliphatic carbocycles. The molecule has 20 heavy (non-hydrogen) atoms. The molecule has 1 saturated heterocycles. The molecule has 3 unspecified atom stereocenters. The molecule has 1 aliphatic rings. The Morgan fingerprint density at radius 3 is 2.55 bits per heavy atom. The van der Waals surface area contributed by atoms with Crippen molar-refractivity contribution in [3.8, 4) is 0 Å². The molecule has 1 N–H and O–H groups in total. The fourth-order valence-electron chi connectivity index (χ4n) is 3.37. The van der Waals surface area contributed by atoms with Crippen molar-refractivity contribution in [3.63, 3.8) is 0 Å².